The highest BCUT2D eigenvalue weighted by Crippen LogP contribution is 2.39. The van der Waals surface area contributed by atoms with Gasteiger partial charge in [0.15, 0.2) is 0 Å². The summed E-state index contributed by atoms with van der Waals surface area (Å²) in [4.78, 5) is 29.9. The summed E-state index contributed by atoms with van der Waals surface area (Å²) in [6.45, 7) is 4.41. The predicted molar refractivity (Wildman–Crippen MR) is 120 cm³/mol. The van der Waals surface area contributed by atoms with Gasteiger partial charge in [-0.05, 0) is 24.1 Å². The summed E-state index contributed by atoms with van der Waals surface area (Å²) in [5, 5.41) is 11.0. The number of aliphatic hydroxyl groups is 1. The van der Waals surface area contributed by atoms with Crippen LogP contribution in [0.25, 0.3) is 5.76 Å². The molecule has 0 bridgehead atoms. The monoisotopic (exact) mass is 436 g/mol. The van der Waals surface area contributed by atoms with E-state index >= 15 is 0 Å². The number of amides is 1. The first-order valence-electron chi connectivity index (χ1n) is 10.9. The molecule has 2 heterocycles. The molecule has 168 valence electrons. The molecule has 0 radical (unpaired) electrons. The maximum absolute atomic E-state index is 13.0. The number of aliphatic hydroxyl groups excluding tert-OH is 1. The number of rotatable bonds is 7. The van der Waals surface area contributed by atoms with Crippen molar-refractivity contribution in [1.82, 2.24) is 9.80 Å². The SMILES string of the molecule is COc1ccc([C@H]2C(=C(O)c3ccccc3)C(=O)C(=O)N2CCCN2CCOCC2)cc1. The minimum absolute atomic E-state index is 0.123. The zero-order valence-corrected chi connectivity index (χ0v) is 18.2. The van der Waals surface area contributed by atoms with Crippen LogP contribution in [-0.2, 0) is 14.3 Å². The lowest BCUT2D eigenvalue weighted by atomic mass is 9.95. The van der Waals surface area contributed by atoms with Crippen molar-refractivity contribution in [3.63, 3.8) is 0 Å². The standard InChI is InChI=1S/C25H28N2O5/c1-31-20-10-8-18(9-11-20)22-21(23(28)19-6-3-2-4-7-19)24(29)25(30)27(22)13-5-12-26-14-16-32-17-15-26/h2-4,6-11,22,28H,5,12-17H2,1H3/t22-/m0/s1. The first kappa shape index (κ1) is 22.0. The van der Waals surface area contributed by atoms with Crippen LogP contribution >= 0.6 is 0 Å². The fourth-order valence-corrected chi connectivity index (χ4v) is 4.28. The molecule has 2 aromatic carbocycles. The Morgan fingerprint density at radius 3 is 2.38 bits per heavy atom. The van der Waals surface area contributed by atoms with Gasteiger partial charge in [0.1, 0.15) is 11.5 Å². The summed E-state index contributed by atoms with van der Waals surface area (Å²) >= 11 is 0. The maximum Gasteiger partial charge on any atom is 0.295 e. The quantitative estimate of drug-likeness (QED) is 0.409. The molecule has 7 nitrogen and oxygen atoms in total. The lowest BCUT2D eigenvalue weighted by Crippen LogP contribution is -2.38. The van der Waals surface area contributed by atoms with Crippen molar-refractivity contribution >= 4 is 17.4 Å². The maximum atomic E-state index is 13.0. The number of ketones is 1. The normalized spacial score (nSPS) is 21.2. The van der Waals surface area contributed by atoms with Crippen LogP contribution in [0.2, 0.25) is 0 Å². The Balaban J connectivity index is 1.65. The van der Waals surface area contributed by atoms with Gasteiger partial charge in [0.25, 0.3) is 11.7 Å². The molecule has 32 heavy (non-hydrogen) atoms. The minimum atomic E-state index is -0.654. The first-order chi connectivity index (χ1) is 15.6. The van der Waals surface area contributed by atoms with E-state index in [1.807, 2.05) is 18.2 Å². The molecular formula is C25H28N2O5. The van der Waals surface area contributed by atoms with Crippen molar-refractivity contribution in [2.75, 3.05) is 46.5 Å². The van der Waals surface area contributed by atoms with Crippen LogP contribution in [-0.4, -0.2) is 73.1 Å². The molecule has 0 aliphatic carbocycles. The van der Waals surface area contributed by atoms with Gasteiger partial charge in [0, 0.05) is 31.7 Å². The van der Waals surface area contributed by atoms with Gasteiger partial charge in [-0.1, -0.05) is 42.5 Å². The van der Waals surface area contributed by atoms with Gasteiger partial charge in [0.05, 0.1) is 31.9 Å². The van der Waals surface area contributed by atoms with Gasteiger partial charge < -0.3 is 19.5 Å². The van der Waals surface area contributed by atoms with Crippen LogP contribution in [0.1, 0.15) is 23.6 Å². The Morgan fingerprint density at radius 2 is 1.72 bits per heavy atom. The van der Waals surface area contributed by atoms with Gasteiger partial charge in [-0.25, -0.2) is 0 Å². The highest BCUT2D eigenvalue weighted by atomic mass is 16.5. The molecule has 2 aliphatic heterocycles. The minimum Gasteiger partial charge on any atom is -0.507 e. The van der Waals surface area contributed by atoms with E-state index in [9.17, 15) is 14.7 Å². The number of morpholine rings is 1. The molecule has 7 heteroatoms. The molecular weight excluding hydrogens is 408 g/mol. The number of carbonyl (C=O) groups excluding carboxylic acids is 2. The Kier molecular flexibility index (Phi) is 6.87. The molecule has 0 unspecified atom stereocenters. The van der Waals surface area contributed by atoms with Gasteiger partial charge in [-0.2, -0.15) is 0 Å². The van der Waals surface area contributed by atoms with E-state index in [-0.39, 0.29) is 11.3 Å². The van der Waals surface area contributed by atoms with Crippen LogP contribution in [0.15, 0.2) is 60.2 Å². The number of hydrogen-bond acceptors (Lipinski definition) is 6. The number of methoxy groups -OCH3 is 1. The van der Waals surface area contributed by atoms with Crippen molar-refractivity contribution in [2.24, 2.45) is 0 Å². The van der Waals surface area contributed by atoms with Crippen molar-refractivity contribution < 1.29 is 24.2 Å². The van der Waals surface area contributed by atoms with Crippen molar-refractivity contribution in [3.8, 4) is 5.75 Å². The molecule has 2 aromatic rings. The number of hydrogen-bond donors (Lipinski definition) is 1. The van der Waals surface area contributed by atoms with E-state index in [0.717, 1.165) is 31.6 Å². The average Bonchev–Trinajstić information content (AvgIpc) is 3.10. The highest BCUT2D eigenvalue weighted by Gasteiger charge is 2.45. The fourth-order valence-electron chi connectivity index (χ4n) is 4.28. The predicted octanol–water partition coefficient (Wildman–Crippen LogP) is 2.84. The Hall–Kier alpha value is -3.16. The Bertz CT molecular complexity index is 981. The Morgan fingerprint density at radius 1 is 1.03 bits per heavy atom. The highest BCUT2D eigenvalue weighted by molar-refractivity contribution is 6.46. The van der Waals surface area contributed by atoms with Crippen molar-refractivity contribution in [1.29, 1.82) is 0 Å². The number of benzene rings is 2. The van der Waals surface area contributed by atoms with Crippen LogP contribution in [0.5, 0.6) is 5.75 Å². The molecule has 2 saturated heterocycles. The lowest BCUT2D eigenvalue weighted by Gasteiger charge is -2.29. The number of ether oxygens (including phenoxy) is 2. The fraction of sp³-hybridized carbons (Fsp3) is 0.360. The molecule has 0 aromatic heterocycles. The smallest absolute Gasteiger partial charge is 0.295 e. The summed E-state index contributed by atoms with van der Waals surface area (Å²) < 4.78 is 10.6. The number of nitrogens with zero attached hydrogens (tertiary/aromatic N) is 2. The third-order valence-electron chi connectivity index (χ3n) is 6.00. The average molecular weight is 437 g/mol. The molecule has 0 saturated carbocycles. The zero-order chi connectivity index (χ0) is 22.5. The summed E-state index contributed by atoms with van der Waals surface area (Å²) in [5.41, 5.74) is 1.39. The number of likely N-dealkylation sites (tertiary alicyclic amines) is 1. The second kappa shape index (κ2) is 9.97. The molecule has 1 atom stereocenters. The van der Waals surface area contributed by atoms with Gasteiger partial charge >= 0.3 is 0 Å². The van der Waals surface area contributed by atoms with E-state index in [2.05, 4.69) is 4.90 Å². The van der Waals surface area contributed by atoms with E-state index in [4.69, 9.17) is 9.47 Å². The Labute approximate surface area is 187 Å². The van der Waals surface area contributed by atoms with Gasteiger partial charge in [0.2, 0.25) is 0 Å². The molecule has 2 fully saturated rings. The van der Waals surface area contributed by atoms with Crippen molar-refractivity contribution in [3.05, 3.63) is 71.3 Å². The summed E-state index contributed by atoms with van der Waals surface area (Å²) in [7, 11) is 1.59. The van der Waals surface area contributed by atoms with E-state index < -0.39 is 17.7 Å². The van der Waals surface area contributed by atoms with Gasteiger partial charge in [-0.3, -0.25) is 14.5 Å². The van der Waals surface area contributed by atoms with Crippen LogP contribution < -0.4 is 4.74 Å². The van der Waals surface area contributed by atoms with Crippen LogP contribution in [0, 0.1) is 0 Å². The topological polar surface area (TPSA) is 79.3 Å². The second-order valence-electron chi connectivity index (χ2n) is 7.94. The molecule has 4 rings (SSSR count). The molecule has 2 aliphatic rings. The van der Waals surface area contributed by atoms with Gasteiger partial charge in [-0.15, -0.1) is 0 Å². The van der Waals surface area contributed by atoms with Crippen molar-refractivity contribution in [2.45, 2.75) is 12.5 Å². The molecule has 1 N–H and O–H groups in total. The number of carbonyl (C=O) groups is 2. The van der Waals surface area contributed by atoms with Crippen LogP contribution in [0.3, 0.4) is 0 Å². The second-order valence-corrected chi connectivity index (χ2v) is 7.94. The van der Waals surface area contributed by atoms with E-state index in [0.29, 0.717) is 31.1 Å². The molecule has 0 spiro atoms. The third kappa shape index (κ3) is 4.54. The van der Waals surface area contributed by atoms with E-state index in [1.165, 1.54) is 0 Å². The summed E-state index contributed by atoms with van der Waals surface area (Å²) in [6.07, 6.45) is 0.727. The van der Waals surface area contributed by atoms with E-state index in [1.54, 1.807) is 48.4 Å². The van der Waals surface area contributed by atoms with Crippen LogP contribution in [0.4, 0.5) is 0 Å². The summed E-state index contributed by atoms with van der Waals surface area (Å²) in [6, 6.07) is 15.5. The zero-order valence-electron chi connectivity index (χ0n) is 18.2. The largest absolute Gasteiger partial charge is 0.507 e. The first-order valence-corrected chi connectivity index (χ1v) is 10.9. The third-order valence-corrected chi connectivity index (χ3v) is 6.00. The molecule has 1 amide bonds. The number of Topliss-reactive ketones (excluding diaryl/α,β-unsaturated/α-hetero) is 1. The lowest BCUT2D eigenvalue weighted by molar-refractivity contribution is -0.140. The summed E-state index contributed by atoms with van der Waals surface area (Å²) in [5.74, 6) is -0.703.